The summed E-state index contributed by atoms with van der Waals surface area (Å²) in [6.07, 6.45) is 1.70. The Bertz CT molecular complexity index is 1490. The standard InChI is InChI=1S/C23H18ClN3O5S/c1-3-32-22(29)19-13(2)25-23-26(20(19)15-7-5-9-17(12-15)27(30)31)21(28)18(33-23)11-14-6-4-8-16(24)10-14/h4-12,20H,3H2,1-2H3/b18-11-. The second-order valence-electron chi connectivity index (χ2n) is 7.21. The molecule has 0 spiro atoms. The largest absolute Gasteiger partial charge is 0.463 e. The number of benzene rings is 2. The van der Waals surface area contributed by atoms with Crippen molar-refractivity contribution in [2.75, 3.05) is 6.61 Å². The Morgan fingerprint density at radius 2 is 2.06 bits per heavy atom. The molecule has 0 amide bonds. The number of aromatic nitrogens is 1. The van der Waals surface area contributed by atoms with E-state index in [1.165, 1.54) is 34.1 Å². The number of hydrogen-bond donors (Lipinski definition) is 0. The maximum atomic E-state index is 13.5. The van der Waals surface area contributed by atoms with Gasteiger partial charge in [0.25, 0.3) is 11.2 Å². The molecule has 4 rings (SSSR count). The summed E-state index contributed by atoms with van der Waals surface area (Å²) in [7, 11) is 0. The molecule has 0 fully saturated rings. The van der Waals surface area contributed by atoms with Crippen LogP contribution in [-0.2, 0) is 9.53 Å². The van der Waals surface area contributed by atoms with Crippen molar-refractivity contribution in [1.82, 2.24) is 4.57 Å². The Balaban J connectivity index is 1.98. The number of thiazole rings is 1. The predicted octanol–water partition coefficient (Wildman–Crippen LogP) is 3.36. The molecule has 1 atom stereocenters. The van der Waals surface area contributed by atoms with Crippen molar-refractivity contribution in [3.8, 4) is 0 Å². The van der Waals surface area contributed by atoms with E-state index in [0.29, 0.717) is 25.6 Å². The molecule has 10 heteroatoms. The zero-order valence-electron chi connectivity index (χ0n) is 17.6. The smallest absolute Gasteiger partial charge is 0.338 e. The van der Waals surface area contributed by atoms with Gasteiger partial charge in [0.15, 0.2) is 4.80 Å². The van der Waals surface area contributed by atoms with Crippen LogP contribution >= 0.6 is 22.9 Å². The molecule has 8 nitrogen and oxygen atoms in total. The second-order valence-corrected chi connectivity index (χ2v) is 8.65. The number of allylic oxidation sites excluding steroid dienone is 1. The number of carbonyl (C=O) groups is 1. The van der Waals surface area contributed by atoms with Gasteiger partial charge in [-0.1, -0.05) is 47.2 Å². The topological polar surface area (TPSA) is 104 Å². The first kappa shape index (κ1) is 22.6. The van der Waals surface area contributed by atoms with E-state index in [2.05, 4.69) is 4.99 Å². The van der Waals surface area contributed by atoms with Crippen LogP contribution in [0.4, 0.5) is 5.69 Å². The minimum atomic E-state index is -0.915. The first-order valence-corrected chi connectivity index (χ1v) is 11.2. The van der Waals surface area contributed by atoms with Gasteiger partial charge in [0, 0.05) is 17.2 Å². The van der Waals surface area contributed by atoms with Crippen LogP contribution in [-0.4, -0.2) is 22.1 Å². The zero-order chi connectivity index (χ0) is 23.7. The SMILES string of the molecule is CCOC(=O)C1=C(C)N=c2s/c(=C\c3cccc(Cl)c3)c(=O)n2C1c1cccc([N+](=O)[O-])c1. The van der Waals surface area contributed by atoms with Crippen LogP contribution in [0.1, 0.15) is 31.0 Å². The molecule has 0 saturated heterocycles. The van der Waals surface area contributed by atoms with Crippen molar-refractivity contribution in [2.45, 2.75) is 19.9 Å². The Morgan fingerprint density at radius 1 is 1.30 bits per heavy atom. The molecule has 2 heterocycles. The van der Waals surface area contributed by atoms with E-state index in [1.807, 2.05) is 6.07 Å². The van der Waals surface area contributed by atoms with Gasteiger partial charge < -0.3 is 4.74 Å². The number of esters is 1. The highest BCUT2D eigenvalue weighted by atomic mass is 35.5. The molecule has 1 aromatic heterocycles. The molecular formula is C23H18ClN3O5S. The van der Waals surface area contributed by atoms with Gasteiger partial charge in [-0.3, -0.25) is 19.5 Å². The molecule has 0 N–H and O–H groups in total. The maximum Gasteiger partial charge on any atom is 0.338 e. The normalized spacial score (nSPS) is 15.7. The van der Waals surface area contributed by atoms with Crippen LogP contribution in [0.5, 0.6) is 0 Å². The number of halogens is 1. The summed E-state index contributed by atoms with van der Waals surface area (Å²) < 4.78 is 7.01. The van der Waals surface area contributed by atoms with Gasteiger partial charge in [0.1, 0.15) is 0 Å². The highest BCUT2D eigenvalue weighted by molar-refractivity contribution is 7.07. The summed E-state index contributed by atoms with van der Waals surface area (Å²) in [4.78, 5) is 42.1. The highest BCUT2D eigenvalue weighted by Crippen LogP contribution is 2.32. The first-order valence-electron chi connectivity index (χ1n) is 9.99. The molecule has 0 bridgehead atoms. The first-order chi connectivity index (χ1) is 15.8. The van der Waals surface area contributed by atoms with E-state index < -0.39 is 16.9 Å². The van der Waals surface area contributed by atoms with Crippen molar-refractivity contribution < 1.29 is 14.5 Å². The maximum absolute atomic E-state index is 13.5. The van der Waals surface area contributed by atoms with Crippen molar-refractivity contribution in [3.63, 3.8) is 0 Å². The lowest BCUT2D eigenvalue weighted by atomic mass is 9.95. The summed E-state index contributed by atoms with van der Waals surface area (Å²) >= 11 is 7.23. The van der Waals surface area contributed by atoms with E-state index in [4.69, 9.17) is 16.3 Å². The number of rotatable bonds is 5. The summed E-state index contributed by atoms with van der Waals surface area (Å²) in [5, 5.41) is 11.9. The molecule has 1 aliphatic rings. The average molecular weight is 484 g/mol. The Morgan fingerprint density at radius 3 is 2.76 bits per heavy atom. The van der Waals surface area contributed by atoms with Gasteiger partial charge in [-0.05, 0) is 43.2 Å². The van der Waals surface area contributed by atoms with Gasteiger partial charge in [-0.2, -0.15) is 0 Å². The third kappa shape index (κ3) is 4.37. The lowest BCUT2D eigenvalue weighted by Crippen LogP contribution is -2.40. The van der Waals surface area contributed by atoms with Gasteiger partial charge in [0.05, 0.1) is 33.4 Å². The monoisotopic (exact) mass is 483 g/mol. The number of ether oxygens (including phenoxy) is 1. The van der Waals surface area contributed by atoms with E-state index in [9.17, 15) is 19.7 Å². The van der Waals surface area contributed by atoms with E-state index in [1.54, 1.807) is 44.2 Å². The number of nitrogens with zero attached hydrogens (tertiary/aromatic N) is 3. The fourth-order valence-corrected chi connectivity index (χ4v) is 4.91. The predicted molar refractivity (Wildman–Crippen MR) is 125 cm³/mol. The quantitative estimate of drug-likeness (QED) is 0.314. The lowest BCUT2D eigenvalue weighted by molar-refractivity contribution is -0.384. The molecule has 1 aliphatic heterocycles. The van der Waals surface area contributed by atoms with Crippen LogP contribution in [0.2, 0.25) is 5.02 Å². The highest BCUT2D eigenvalue weighted by Gasteiger charge is 2.34. The van der Waals surface area contributed by atoms with E-state index in [-0.39, 0.29) is 23.4 Å². The van der Waals surface area contributed by atoms with Crippen molar-refractivity contribution in [3.05, 3.63) is 106 Å². The molecule has 3 aromatic rings. The summed E-state index contributed by atoms with van der Waals surface area (Å²) in [5.74, 6) is -0.626. The molecule has 168 valence electrons. The lowest BCUT2D eigenvalue weighted by Gasteiger charge is -2.24. The van der Waals surface area contributed by atoms with Gasteiger partial charge in [-0.15, -0.1) is 0 Å². The van der Waals surface area contributed by atoms with Crippen LogP contribution in [0.15, 0.2) is 69.6 Å². The second kappa shape index (κ2) is 9.13. The summed E-state index contributed by atoms with van der Waals surface area (Å²) in [5.41, 5.74) is 1.19. The number of nitro groups is 1. The number of fused-ring (bicyclic) bond motifs is 1. The Kier molecular flexibility index (Phi) is 6.26. The van der Waals surface area contributed by atoms with Gasteiger partial charge in [-0.25, -0.2) is 9.79 Å². The fourth-order valence-electron chi connectivity index (χ4n) is 3.66. The molecule has 0 saturated carbocycles. The van der Waals surface area contributed by atoms with Crippen LogP contribution in [0, 0.1) is 10.1 Å². The van der Waals surface area contributed by atoms with Gasteiger partial charge >= 0.3 is 5.97 Å². The van der Waals surface area contributed by atoms with Crippen LogP contribution < -0.4 is 14.9 Å². The number of nitro benzene ring substituents is 1. The minimum Gasteiger partial charge on any atom is -0.463 e. The van der Waals surface area contributed by atoms with Crippen molar-refractivity contribution in [2.24, 2.45) is 4.99 Å². The molecular weight excluding hydrogens is 466 g/mol. The minimum absolute atomic E-state index is 0.135. The van der Waals surface area contributed by atoms with E-state index >= 15 is 0 Å². The Labute approximate surface area is 196 Å². The third-order valence-corrected chi connectivity index (χ3v) is 6.28. The molecule has 33 heavy (non-hydrogen) atoms. The van der Waals surface area contributed by atoms with Crippen molar-refractivity contribution in [1.29, 1.82) is 0 Å². The van der Waals surface area contributed by atoms with Crippen molar-refractivity contribution >= 4 is 40.7 Å². The molecule has 0 radical (unpaired) electrons. The molecule has 1 unspecified atom stereocenters. The third-order valence-electron chi connectivity index (χ3n) is 5.06. The number of non-ortho nitro benzene ring substituents is 1. The average Bonchev–Trinajstić information content (AvgIpc) is 3.07. The van der Waals surface area contributed by atoms with E-state index in [0.717, 1.165) is 5.56 Å². The number of carbonyl (C=O) groups excluding carboxylic acids is 1. The van der Waals surface area contributed by atoms with Crippen LogP contribution in [0.3, 0.4) is 0 Å². The summed E-state index contributed by atoms with van der Waals surface area (Å²) in [6.45, 7) is 3.47. The molecule has 0 aliphatic carbocycles. The Hall–Kier alpha value is -3.56. The summed E-state index contributed by atoms with van der Waals surface area (Å²) in [6, 6.07) is 12.0. The van der Waals surface area contributed by atoms with Gasteiger partial charge in [0.2, 0.25) is 0 Å². The fraction of sp³-hybridized carbons (Fsp3) is 0.174. The van der Waals surface area contributed by atoms with Crippen LogP contribution in [0.25, 0.3) is 6.08 Å². The molecule has 2 aromatic carbocycles. The zero-order valence-corrected chi connectivity index (χ0v) is 19.2. The number of hydrogen-bond acceptors (Lipinski definition) is 7.